The van der Waals surface area contributed by atoms with Gasteiger partial charge in [-0.1, -0.05) is 13.8 Å². The molecule has 2 heterocycles. The van der Waals surface area contributed by atoms with Crippen LogP contribution >= 0.6 is 0 Å². The van der Waals surface area contributed by atoms with E-state index in [4.69, 9.17) is 5.73 Å². The molecule has 2 rings (SSSR count). The van der Waals surface area contributed by atoms with Crippen LogP contribution < -0.4 is 5.73 Å². The number of nitrogen functional groups attached to an aromatic ring is 1. The molecule has 0 bridgehead atoms. The summed E-state index contributed by atoms with van der Waals surface area (Å²) in [6, 6.07) is 1.82. The molecule has 2 N–H and O–H groups in total. The summed E-state index contributed by atoms with van der Waals surface area (Å²) in [5.74, 6) is 1.06. The van der Waals surface area contributed by atoms with Gasteiger partial charge < -0.3 is 5.73 Å². The summed E-state index contributed by atoms with van der Waals surface area (Å²) < 4.78 is 1.68. The molecule has 0 spiro atoms. The number of nitrogens with zero attached hydrogens (tertiary/aromatic N) is 3. The van der Waals surface area contributed by atoms with Crippen molar-refractivity contribution in [1.29, 1.82) is 0 Å². The maximum Gasteiger partial charge on any atom is 0.160 e. The van der Waals surface area contributed by atoms with E-state index < -0.39 is 0 Å². The first-order chi connectivity index (χ1) is 6.59. The Morgan fingerprint density at radius 3 is 2.79 bits per heavy atom. The van der Waals surface area contributed by atoms with Crippen LogP contribution in [0, 0.1) is 6.92 Å². The maximum absolute atomic E-state index is 5.83. The van der Waals surface area contributed by atoms with Crippen LogP contribution in [0.15, 0.2) is 12.3 Å². The van der Waals surface area contributed by atoms with Gasteiger partial charge in [-0.05, 0) is 12.8 Å². The van der Waals surface area contributed by atoms with E-state index in [1.54, 1.807) is 4.52 Å². The first kappa shape index (κ1) is 8.99. The summed E-state index contributed by atoms with van der Waals surface area (Å²) in [6.45, 7) is 6.18. The summed E-state index contributed by atoms with van der Waals surface area (Å²) in [5.41, 5.74) is 8.77. The summed E-state index contributed by atoms with van der Waals surface area (Å²) >= 11 is 0. The zero-order valence-electron chi connectivity index (χ0n) is 8.65. The molecule has 0 aliphatic heterocycles. The zero-order valence-corrected chi connectivity index (χ0v) is 8.65. The minimum absolute atomic E-state index is 0.418. The third-order valence-electron chi connectivity index (χ3n) is 2.28. The minimum Gasteiger partial charge on any atom is -0.384 e. The largest absolute Gasteiger partial charge is 0.384 e. The topological polar surface area (TPSA) is 56.2 Å². The predicted molar refractivity (Wildman–Crippen MR) is 56.2 cm³/mol. The Bertz CT molecular complexity index is 470. The molecule has 4 nitrogen and oxygen atoms in total. The SMILES string of the molecule is Cc1cc(N)n2ncc(C(C)C)c2n1. The van der Waals surface area contributed by atoms with Gasteiger partial charge in [-0.3, -0.25) is 0 Å². The van der Waals surface area contributed by atoms with Gasteiger partial charge in [0.2, 0.25) is 0 Å². The number of fused-ring (bicyclic) bond motifs is 1. The summed E-state index contributed by atoms with van der Waals surface area (Å²) in [5, 5.41) is 4.21. The van der Waals surface area contributed by atoms with Crippen molar-refractivity contribution in [1.82, 2.24) is 14.6 Å². The average molecular weight is 190 g/mol. The molecular weight excluding hydrogens is 176 g/mol. The lowest BCUT2D eigenvalue weighted by molar-refractivity contribution is 0.871. The molecule has 0 aliphatic rings. The fraction of sp³-hybridized carbons (Fsp3) is 0.400. The Morgan fingerprint density at radius 1 is 1.43 bits per heavy atom. The van der Waals surface area contributed by atoms with Crippen molar-refractivity contribution < 1.29 is 0 Å². The predicted octanol–water partition coefficient (Wildman–Crippen LogP) is 1.74. The summed E-state index contributed by atoms with van der Waals surface area (Å²) in [7, 11) is 0. The molecule has 4 heteroatoms. The van der Waals surface area contributed by atoms with Gasteiger partial charge in [0, 0.05) is 17.3 Å². The number of aryl methyl sites for hydroxylation is 1. The minimum atomic E-state index is 0.418. The van der Waals surface area contributed by atoms with E-state index in [-0.39, 0.29) is 0 Å². The first-order valence-electron chi connectivity index (χ1n) is 4.70. The molecule has 14 heavy (non-hydrogen) atoms. The fourth-order valence-corrected chi connectivity index (χ4v) is 1.54. The molecule has 0 aromatic carbocycles. The van der Waals surface area contributed by atoms with Crippen LogP contribution in [0.25, 0.3) is 5.65 Å². The molecule has 0 saturated carbocycles. The number of aromatic nitrogens is 3. The molecule has 0 aliphatic carbocycles. The van der Waals surface area contributed by atoms with E-state index >= 15 is 0 Å². The van der Waals surface area contributed by atoms with Crippen molar-refractivity contribution in [3.05, 3.63) is 23.5 Å². The lowest BCUT2D eigenvalue weighted by atomic mass is 10.1. The van der Waals surface area contributed by atoms with E-state index in [9.17, 15) is 0 Å². The van der Waals surface area contributed by atoms with Crippen LogP contribution in [-0.2, 0) is 0 Å². The van der Waals surface area contributed by atoms with Crippen LogP contribution in [0.2, 0.25) is 0 Å². The van der Waals surface area contributed by atoms with Crippen molar-refractivity contribution in [2.24, 2.45) is 0 Å². The van der Waals surface area contributed by atoms with Crippen molar-refractivity contribution in [3.8, 4) is 0 Å². The monoisotopic (exact) mass is 190 g/mol. The van der Waals surface area contributed by atoms with Gasteiger partial charge in [0.25, 0.3) is 0 Å². The third-order valence-corrected chi connectivity index (χ3v) is 2.28. The van der Waals surface area contributed by atoms with Gasteiger partial charge in [0.1, 0.15) is 5.82 Å². The van der Waals surface area contributed by atoms with Gasteiger partial charge in [0.05, 0.1) is 6.20 Å². The van der Waals surface area contributed by atoms with E-state index in [0.29, 0.717) is 11.7 Å². The highest BCUT2D eigenvalue weighted by molar-refractivity contribution is 5.53. The molecule has 0 fully saturated rings. The Labute approximate surface area is 82.8 Å². The number of hydrogen-bond donors (Lipinski definition) is 1. The molecular formula is C10H14N4. The Hall–Kier alpha value is -1.58. The van der Waals surface area contributed by atoms with Crippen molar-refractivity contribution in [2.75, 3.05) is 5.73 Å². The molecule has 2 aromatic heterocycles. The highest BCUT2D eigenvalue weighted by atomic mass is 15.3. The quantitative estimate of drug-likeness (QED) is 0.745. The Balaban J connectivity index is 2.78. The molecule has 2 aromatic rings. The van der Waals surface area contributed by atoms with Gasteiger partial charge >= 0.3 is 0 Å². The molecule has 0 unspecified atom stereocenters. The zero-order chi connectivity index (χ0) is 10.3. The second kappa shape index (κ2) is 2.97. The van der Waals surface area contributed by atoms with Crippen LogP contribution in [0.3, 0.4) is 0 Å². The maximum atomic E-state index is 5.83. The lowest BCUT2D eigenvalue weighted by Gasteiger charge is -2.03. The molecule has 0 atom stereocenters. The van der Waals surface area contributed by atoms with Crippen LogP contribution in [0.4, 0.5) is 5.82 Å². The number of hydrogen-bond acceptors (Lipinski definition) is 3. The Morgan fingerprint density at radius 2 is 2.14 bits per heavy atom. The van der Waals surface area contributed by atoms with E-state index in [1.807, 2.05) is 19.2 Å². The molecule has 0 radical (unpaired) electrons. The van der Waals surface area contributed by atoms with Gasteiger partial charge in [-0.25, -0.2) is 4.98 Å². The number of anilines is 1. The van der Waals surface area contributed by atoms with E-state index in [0.717, 1.165) is 16.9 Å². The number of rotatable bonds is 1. The van der Waals surface area contributed by atoms with E-state index in [1.165, 1.54) is 0 Å². The molecule has 0 amide bonds. The van der Waals surface area contributed by atoms with Crippen molar-refractivity contribution >= 4 is 11.5 Å². The second-order valence-electron chi connectivity index (χ2n) is 3.81. The lowest BCUT2D eigenvalue weighted by Crippen LogP contribution is -2.01. The van der Waals surface area contributed by atoms with Crippen molar-refractivity contribution in [2.45, 2.75) is 26.7 Å². The van der Waals surface area contributed by atoms with Gasteiger partial charge in [0.15, 0.2) is 5.65 Å². The normalized spacial score (nSPS) is 11.4. The molecule has 0 saturated heterocycles. The molecule has 74 valence electrons. The smallest absolute Gasteiger partial charge is 0.160 e. The third kappa shape index (κ3) is 1.23. The van der Waals surface area contributed by atoms with Crippen LogP contribution in [0.1, 0.15) is 31.0 Å². The van der Waals surface area contributed by atoms with Crippen LogP contribution in [-0.4, -0.2) is 14.6 Å². The fourth-order valence-electron chi connectivity index (χ4n) is 1.54. The highest BCUT2D eigenvalue weighted by Gasteiger charge is 2.10. The second-order valence-corrected chi connectivity index (χ2v) is 3.81. The average Bonchev–Trinajstić information content (AvgIpc) is 2.47. The van der Waals surface area contributed by atoms with Gasteiger partial charge in [-0.2, -0.15) is 9.61 Å². The summed E-state index contributed by atoms with van der Waals surface area (Å²) in [4.78, 5) is 4.44. The standard InChI is InChI=1S/C10H14N4/c1-6(2)8-5-12-14-9(11)4-7(3)13-10(8)14/h4-6H,11H2,1-3H3. The van der Waals surface area contributed by atoms with E-state index in [2.05, 4.69) is 23.9 Å². The Kier molecular flexibility index (Phi) is 1.91. The number of nitrogens with two attached hydrogens (primary N) is 1. The highest BCUT2D eigenvalue weighted by Crippen LogP contribution is 2.20. The van der Waals surface area contributed by atoms with Crippen molar-refractivity contribution in [3.63, 3.8) is 0 Å². The van der Waals surface area contributed by atoms with Crippen LogP contribution in [0.5, 0.6) is 0 Å². The first-order valence-corrected chi connectivity index (χ1v) is 4.70. The van der Waals surface area contributed by atoms with Gasteiger partial charge in [-0.15, -0.1) is 0 Å². The summed E-state index contributed by atoms with van der Waals surface area (Å²) in [6.07, 6.45) is 1.84.